The number of aromatic hydroxyl groups is 1. The summed E-state index contributed by atoms with van der Waals surface area (Å²) in [6.45, 7) is 0. The summed E-state index contributed by atoms with van der Waals surface area (Å²) in [5, 5.41) is 9.04. The number of aromatic nitrogens is 1. The van der Waals surface area contributed by atoms with Crippen molar-refractivity contribution in [1.29, 1.82) is 0 Å². The number of pyridine rings is 1. The maximum absolute atomic E-state index is 12.4. The van der Waals surface area contributed by atoms with Crippen LogP contribution in [0, 0.1) is 0 Å². The highest BCUT2D eigenvalue weighted by Gasteiger charge is 2.40. The van der Waals surface area contributed by atoms with Crippen molar-refractivity contribution in [2.75, 3.05) is 7.11 Å². The SMILES string of the molecule is COc1cc(O)c(OC(F)(F)F)nc1C(F)(F)F. The van der Waals surface area contributed by atoms with E-state index in [0.29, 0.717) is 6.07 Å². The van der Waals surface area contributed by atoms with Crippen LogP contribution in [0.25, 0.3) is 0 Å². The van der Waals surface area contributed by atoms with Crippen LogP contribution >= 0.6 is 0 Å². The minimum atomic E-state index is -5.28. The van der Waals surface area contributed by atoms with Crippen molar-refractivity contribution in [2.24, 2.45) is 0 Å². The summed E-state index contributed by atoms with van der Waals surface area (Å²) in [6, 6.07) is 0.330. The maximum Gasteiger partial charge on any atom is 0.574 e. The van der Waals surface area contributed by atoms with Gasteiger partial charge in [-0.3, -0.25) is 0 Å². The summed E-state index contributed by atoms with van der Waals surface area (Å²) in [6.07, 6.45) is -10.3. The van der Waals surface area contributed by atoms with Gasteiger partial charge in [-0.25, -0.2) is 4.98 Å². The highest BCUT2D eigenvalue weighted by atomic mass is 19.4. The van der Waals surface area contributed by atoms with Gasteiger partial charge in [0.1, 0.15) is 0 Å². The Labute approximate surface area is 95.8 Å². The normalized spacial score (nSPS) is 12.4. The molecule has 0 saturated carbocycles. The zero-order valence-corrected chi connectivity index (χ0v) is 8.56. The average molecular weight is 277 g/mol. The molecule has 1 aromatic heterocycles. The van der Waals surface area contributed by atoms with E-state index in [0.717, 1.165) is 7.11 Å². The molecule has 0 aromatic carbocycles. The van der Waals surface area contributed by atoms with Crippen molar-refractivity contribution in [2.45, 2.75) is 12.5 Å². The van der Waals surface area contributed by atoms with Crippen molar-refractivity contribution in [3.8, 4) is 17.4 Å². The summed E-state index contributed by atoms with van der Waals surface area (Å²) in [5.41, 5.74) is -1.73. The van der Waals surface area contributed by atoms with Crippen LogP contribution in [0.3, 0.4) is 0 Å². The number of hydrogen-bond acceptors (Lipinski definition) is 4. The fourth-order valence-electron chi connectivity index (χ4n) is 1.01. The van der Waals surface area contributed by atoms with E-state index in [9.17, 15) is 26.3 Å². The molecular formula is C8H5F6NO3. The fourth-order valence-corrected chi connectivity index (χ4v) is 1.01. The first-order valence-corrected chi connectivity index (χ1v) is 4.15. The van der Waals surface area contributed by atoms with Crippen LogP contribution in [0.5, 0.6) is 17.4 Å². The second-order valence-electron chi connectivity index (χ2n) is 2.91. The molecule has 0 saturated heterocycles. The van der Waals surface area contributed by atoms with E-state index in [4.69, 9.17) is 5.11 Å². The molecule has 0 unspecified atom stereocenters. The molecule has 0 bridgehead atoms. The third kappa shape index (κ3) is 3.31. The maximum atomic E-state index is 12.4. The number of halogens is 6. The lowest BCUT2D eigenvalue weighted by atomic mass is 10.3. The zero-order valence-electron chi connectivity index (χ0n) is 8.56. The van der Waals surface area contributed by atoms with Crippen LogP contribution in [0.2, 0.25) is 0 Å². The van der Waals surface area contributed by atoms with E-state index < -0.39 is 35.6 Å². The Hall–Kier alpha value is -1.87. The van der Waals surface area contributed by atoms with Crippen molar-refractivity contribution >= 4 is 0 Å². The van der Waals surface area contributed by atoms with Gasteiger partial charge in [0.05, 0.1) is 7.11 Å². The zero-order chi connectivity index (χ0) is 14.1. The van der Waals surface area contributed by atoms with Gasteiger partial charge in [-0.1, -0.05) is 0 Å². The van der Waals surface area contributed by atoms with Gasteiger partial charge in [-0.05, 0) is 0 Å². The van der Waals surface area contributed by atoms with Crippen molar-refractivity contribution in [3.05, 3.63) is 11.8 Å². The smallest absolute Gasteiger partial charge is 0.503 e. The van der Waals surface area contributed by atoms with Gasteiger partial charge in [0, 0.05) is 6.07 Å². The Morgan fingerprint density at radius 1 is 1.17 bits per heavy atom. The third-order valence-electron chi connectivity index (χ3n) is 1.63. The van der Waals surface area contributed by atoms with Gasteiger partial charge >= 0.3 is 12.5 Å². The number of hydrogen-bond donors (Lipinski definition) is 1. The van der Waals surface area contributed by atoms with E-state index in [2.05, 4.69) is 14.5 Å². The first kappa shape index (κ1) is 14.2. The quantitative estimate of drug-likeness (QED) is 0.844. The number of methoxy groups -OCH3 is 1. The summed E-state index contributed by atoms with van der Waals surface area (Å²) in [4.78, 5) is 2.56. The Kier molecular flexibility index (Phi) is 3.49. The molecule has 18 heavy (non-hydrogen) atoms. The summed E-state index contributed by atoms with van der Waals surface area (Å²) >= 11 is 0. The molecule has 0 aliphatic heterocycles. The number of ether oxygens (including phenoxy) is 2. The number of alkyl halides is 6. The molecule has 0 aliphatic rings. The van der Waals surface area contributed by atoms with Crippen LogP contribution in [-0.4, -0.2) is 23.6 Å². The highest BCUT2D eigenvalue weighted by molar-refractivity contribution is 5.43. The monoisotopic (exact) mass is 277 g/mol. The predicted octanol–water partition coefficient (Wildman–Crippen LogP) is 2.71. The van der Waals surface area contributed by atoms with Crippen molar-refractivity contribution in [1.82, 2.24) is 4.98 Å². The molecule has 102 valence electrons. The largest absolute Gasteiger partial charge is 0.574 e. The molecule has 10 heteroatoms. The second-order valence-corrected chi connectivity index (χ2v) is 2.91. The van der Waals surface area contributed by atoms with Gasteiger partial charge in [0.25, 0.3) is 5.88 Å². The molecule has 4 nitrogen and oxygen atoms in total. The van der Waals surface area contributed by atoms with Crippen LogP contribution in [-0.2, 0) is 6.18 Å². The van der Waals surface area contributed by atoms with Crippen LogP contribution in [0.15, 0.2) is 6.07 Å². The minimum Gasteiger partial charge on any atom is -0.503 e. The summed E-state index contributed by atoms with van der Waals surface area (Å²) in [5.74, 6) is -3.75. The fraction of sp³-hybridized carbons (Fsp3) is 0.375. The lowest BCUT2D eigenvalue weighted by Crippen LogP contribution is -2.19. The van der Waals surface area contributed by atoms with Crippen LogP contribution in [0.4, 0.5) is 26.3 Å². The molecule has 1 heterocycles. The number of nitrogens with zero attached hydrogens (tertiary/aromatic N) is 1. The Balaban J connectivity index is 3.31. The molecule has 0 radical (unpaired) electrons. The van der Waals surface area contributed by atoms with Gasteiger partial charge in [-0.15, -0.1) is 13.2 Å². The van der Waals surface area contributed by atoms with Gasteiger partial charge < -0.3 is 14.6 Å². The van der Waals surface area contributed by atoms with Gasteiger partial charge in [0.2, 0.25) is 0 Å². The molecular weight excluding hydrogens is 272 g/mol. The summed E-state index contributed by atoms with van der Waals surface area (Å²) < 4.78 is 80.2. The van der Waals surface area contributed by atoms with Crippen LogP contribution < -0.4 is 9.47 Å². The first-order valence-electron chi connectivity index (χ1n) is 4.15. The Bertz CT molecular complexity index is 442. The van der Waals surface area contributed by atoms with Crippen LogP contribution in [0.1, 0.15) is 5.69 Å². The molecule has 1 N–H and O–H groups in total. The molecule has 1 rings (SSSR count). The minimum absolute atomic E-state index is 0.330. The molecule has 0 aliphatic carbocycles. The van der Waals surface area contributed by atoms with Crippen molar-refractivity contribution in [3.63, 3.8) is 0 Å². The Morgan fingerprint density at radius 3 is 2.11 bits per heavy atom. The first-order chi connectivity index (χ1) is 8.04. The average Bonchev–Trinajstić information content (AvgIpc) is 2.16. The van der Waals surface area contributed by atoms with E-state index in [1.165, 1.54) is 0 Å². The van der Waals surface area contributed by atoms with Gasteiger partial charge in [-0.2, -0.15) is 13.2 Å². The second kappa shape index (κ2) is 4.42. The number of rotatable bonds is 2. The molecule has 1 aromatic rings. The lowest BCUT2D eigenvalue weighted by molar-refractivity contribution is -0.277. The molecule has 0 fully saturated rings. The van der Waals surface area contributed by atoms with E-state index in [1.807, 2.05) is 0 Å². The van der Waals surface area contributed by atoms with Gasteiger partial charge in [0.15, 0.2) is 17.2 Å². The molecule has 0 spiro atoms. The van der Waals surface area contributed by atoms with E-state index >= 15 is 0 Å². The summed E-state index contributed by atoms with van der Waals surface area (Å²) in [7, 11) is 0.843. The standard InChI is InChI=1S/C8H5F6NO3/c1-17-4-2-3(16)6(18-8(12,13)14)15-5(4)7(9,10)11/h2,16H,1H3. The third-order valence-corrected chi connectivity index (χ3v) is 1.63. The Morgan fingerprint density at radius 2 is 1.72 bits per heavy atom. The molecule has 0 amide bonds. The van der Waals surface area contributed by atoms with Crippen molar-refractivity contribution < 1.29 is 40.9 Å². The highest BCUT2D eigenvalue weighted by Crippen LogP contribution is 2.40. The molecule has 0 atom stereocenters. The lowest BCUT2D eigenvalue weighted by Gasteiger charge is -2.14. The predicted molar refractivity (Wildman–Crippen MR) is 44.1 cm³/mol. The van der Waals surface area contributed by atoms with E-state index in [-0.39, 0.29) is 0 Å². The van der Waals surface area contributed by atoms with E-state index in [1.54, 1.807) is 0 Å². The topological polar surface area (TPSA) is 51.6 Å².